The van der Waals surface area contributed by atoms with Crippen molar-refractivity contribution in [2.45, 2.75) is 77.7 Å². The highest BCUT2D eigenvalue weighted by Gasteiger charge is 2.31. The van der Waals surface area contributed by atoms with Crippen molar-refractivity contribution in [2.75, 3.05) is 0 Å². The maximum atomic E-state index is 13.1. The van der Waals surface area contributed by atoms with Crippen LogP contribution in [0.1, 0.15) is 46.6 Å². The maximum absolute atomic E-state index is 13.1. The first-order valence-corrected chi connectivity index (χ1v) is 13.1. The lowest BCUT2D eigenvalue weighted by atomic mass is 10.0. The van der Waals surface area contributed by atoms with Crippen molar-refractivity contribution < 1.29 is 43.8 Å². The number of hydrogen-bond acceptors (Lipinski definition) is 8. The summed E-state index contributed by atoms with van der Waals surface area (Å²) in [6.45, 7) is 7.20. The van der Waals surface area contributed by atoms with Gasteiger partial charge in [-0.25, -0.2) is 0 Å². The van der Waals surface area contributed by atoms with Crippen LogP contribution in [0, 0.1) is 5.92 Å². The summed E-state index contributed by atoms with van der Waals surface area (Å²) in [5.41, 5.74) is 0.649. The van der Waals surface area contributed by atoms with Gasteiger partial charge in [-0.2, -0.15) is 0 Å². The highest BCUT2D eigenvalue weighted by atomic mass is 35.5. The molecule has 1 aromatic rings. The fourth-order valence-corrected chi connectivity index (χ4v) is 3.67. The van der Waals surface area contributed by atoms with Crippen molar-refractivity contribution in [3.8, 4) is 5.75 Å². The van der Waals surface area contributed by atoms with E-state index in [2.05, 4.69) is 26.6 Å². The van der Waals surface area contributed by atoms with Gasteiger partial charge in [0.2, 0.25) is 34.8 Å². The van der Waals surface area contributed by atoms with Crippen LogP contribution < -0.4 is 26.6 Å². The van der Waals surface area contributed by atoms with E-state index < -0.39 is 83.3 Å². The Labute approximate surface area is 242 Å². The van der Waals surface area contributed by atoms with Crippen LogP contribution in [0.2, 0.25) is 0 Å². The van der Waals surface area contributed by atoms with E-state index in [0.717, 1.165) is 0 Å². The van der Waals surface area contributed by atoms with Crippen molar-refractivity contribution in [3.63, 3.8) is 0 Å². The molecule has 0 aliphatic rings. The number of hydrogen-bond donors (Lipinski definition) is 7. The van der Waals surface area contributed by atoms with Gasteiger partial charge in [0.25, 0.3) is 0 Å². The average molecular weight is 598 g/mol. The number of carbonyl (C=O) groups is 7. The van der Waals surface area contributed by atoms with Crippen LogP contribution in [0.5, 0.6) is 5.75 Å². The summed E-state index contributed by atoms with van der Waals surface area (Å²) < 4.78 is 0. The van der Waals surface area contributed by atoms with Crippen LogP contribution in [0.15, 0.2) is 24.3 Å². The summed E-state index contributed by atoms with van der Waals surface area (Å²) in [6.07, 6.45) is -0.666. The SMILES string of the molecule is CC(=O)N[C@@H](Cc1ccc(O)cc1)C(=O)N[C@H](C(=O)N[C@@H](C)C(=O)N[C@@H](C)C(=O)N[C@@H](CC(=O)O)C(=O)Cl)C(C)C. The number of amides is 5. The van der Waals surface area contributed by atoms with Crippen LogP contribution in [0.25, 0.3) is 0 Å². The quantitative estimate of drug-likeness (QED) is 0.127. The Morgan fingerprint density at radius 3 is 1.71 bits per heavy atom. The molecule has 0 saturated carbocycles. The number of aliphatic carboxylic acids is 1. The number of benzene rings is 1. The van der Waals surface area contributed by atoms with E-state index in [9.17, 15) is 38.7 Å². The second kappa shape index (κ2) is 16.2. The largest absolute Gasteiger partial charge is 0.508 e. The predicted octanol–water partition coefficient (Wildman–Crippen LogP) is -0.685. The summed E-state index contributed by atoms with van der Waals surface area (Å²) in [5, 5.41) is 29.3. The molecule has 0 aliphatic carbocycles. The van der Waals surface area contributed by atoms with Crippen LogP contribution in [-0.4, -0.2) is 81.2 Å². The lowest BCUT2D eigenvalue weighted by molar-refractivity contribution is -0.139. The van der Waals surface area contributed by atoms with Crippen molar-refractivity contribution in [2.24, 2.45) is 5.92 Å². The molecule has 5 atom stereocenters. The highest BCUT2D eigenvalue weighted by molar-refractivity contribution is 6.65. The van der Waals surface area contributed by atoms with Crippen LogP contribution in [0.3, 0.4) is 0 Å². The number of halogens is 1. The third-order valence-electron chi connectivity index (χ3n) is 5.79. The molecule has 0 aromatic heterocycles. The van der Waals surface area contributed by atoms with Gasteiger partial charge in [-0.05, 0) is 49.1 Å². The Balaban J connectivity index is 2.85. The third-order valence-corrected chi connectivity index (χ3v) is 6.05. The molecule has 0 spiro atoms. The van der Waals surface area contributed by atoms with Gasteiger partial charge < -0.3 is 36.8 Å². The fourth-order valence-electron chi connectivity index (χ4n) is 3.54. The molecule has 7 N–H and O–H groups in total. The smallest absolute Gasteiger partial charge is 0.305 e. The van der Waals surface area contributed by atoms with Crippen molar-refractivity contribution in [3.05, 3.63) is 29.8 Å². The first-order valence-electron chi connectivity index (χ1n) is 12.7. The number of carboxylic acid groups (broad SMARTS) is 1. The van der Waals surface area contributed by atoms with Gasteiger partial charge in [-0.1, -0.05) is 26.0 Å². The van der Waals surface area contributed by atoms with E-state index in [1.54, 1.807) is 26.0 Å². The minimum Gasteiger partial charge on any atom is -0.508 e. The van der Waals surface area contributed by atoms with Gasteiger partial charge in [0, 0.05) is 13.3 Å². The zero-order valence-corrected chi connectivity index (χ0v) is 24.1. The molecular formula is C26H36ClN5O9. The third kappa shape index (κ3) is 12.2. The normalized spacial score (nSPS) is 14.4. The van der Waals surface area contributed by atoms with E-state index in [4.69, 9.17) is 16.7 Å². The monoisotopic (exact) mass is 597 g/mol. The predicted molar refractivity (Wildman–Crippen MR) is 146 cm³/mol. The molecular weight excluding hydrogens is 562 g/mol. The standard InChI is InChI=1S/C26H36ClN5O9/c1-12(2)21(32-25(40)19(30-15(5)33)10-16-6-8-17(34)9-7-16)26(41)29-13(3)23(38)28-14(4)24(39)31-18(22(27)37)11-20(35)36/h6-9,12-14,18-19,21,34H,10-11H2,1-5H3,(H,28,38)(H,29,41)(H,30,33)(H,31,39)(H,32,40)(H,35,36)/t13-,14-,18-,19-,21-/m0/s1. The van der Waals surface area contributed by atoms with Crippen LogP contribution in [0.4, 0.5) is 0 Å². The molecule has 5 amide bonds. The lowest BCUT2D eigenvalue weighted by Gasteiger charge is -2.27. The zero-order chi connectivity index (χ0) is 31.4. The Bertz CT molecular complexity index is 1140. The maximum Gasteiger partial charge on any atom is 0.305 e. The molecule has 0 unspecified atom stereocenters. The molecule has 14 nitrogen and oxygen atoms in total. The van der Waals surface area contributed by atoms with Gasteiger partial charge in [-0.3, -0.25) is 33.6 Å². The second-order valence-electron chi connectivity index (χ2n) is 9.78. The van der Waals surface area contributed by atoms with E-state index in [1.807, 2.05) is 0 Å². The highest BCUT2D eigenvalue weighted by Crippen LogP contribution is 2.12. The van der Waals surface area contributed by atoms with E-state index in [1.165, 1.54) is 32.9 Å². The molecule has 1 rings (SSSR count). The summed E-state index contributed by atoms with van der Waals surface area (Å²) in [4.78, 5) is 85.0. The number of nitrogens with one attached hydrogen (secondary N) is 5. The van der Waals surface area contributed by atoms with Crippen LogP contribution >= 0.6 is 11.6 Å². The first-order chi connectivity index (χ1) is 19.0. The van der Waals surface area contributed by atoms with Gasteiger partial charge in [0.05, 0.1) is 6.42 Å². The molecule has 0 saturated heterocycles. The minimum absolute atomic E-state index is 0.0340. The Morgan fingerprint density at radius 1 is 0.732 bits per heavy atom. The molecule has 0 aliphatic heterocycles. The molecule has 226 valence electrons. The summed E-state index contributed by atoms with van der Waals surface area (Å²) >= 11 is 5.32. The van der Waals surface area contributed by atoms with Crippen LogP contribution in [-0.2, 0) is 40.0 Å². The van der Waals surface area contributed by atoms with E-state index in [-0.39, 0.29) is 12.2 Å². The number of aromatic hydroxyl groups is 1. The number of rotatable bonds is 15. The van der Waals surface area contributed by atoms with E-state index >= 15 is 0 Å². The molecule has 41 heavy (non-hydrogen) atoms. The van der Waals surface area contributed by atoms with Crippen molar-refractivity contribution >= 4 is 52.3 Å². The van der Waals surface area contributed by atoms with Gasteiger partial charge in [0.1, 0.15) is 36.0 Å². The first kappa shape index (κ1) is 34.8. The van der Waals surface area contributed by atoms with Crippen molar-refractivity contribution in [1.82, 2.24) is 26.6 Å². The number of carboxylic acids is 1. The molecule has 0 heterocycles. The zero-order valence-electron chi connectivity index (χ0n) is 23.3. The molecule has 1 aromatic carbocycles. The molecule has 0 radical (unpaired) electrons. The summed E-state index contributed by atoms with van der Waals surface area (Å²) in [6, 6.07) is 0.0466. The lowest BCUT2D eigenvalue weighted by Crippen LogP contribution is -2.59. The fraction of sp³-hybridized carbons (Fsp3) is 0.500. The van der Waals surface area contributed by atoms with Gasteiger partial charge >= 0.3 is 5.97 Å². The number of carbonyl (C=O) groups excluding carboxylic acids is 6. The minimum atomic E-state index is -1.50. The topological polar surface area (TPSA) is 220 Å². The van der Waals surface area contributed by atoms with E-state index in [0.29, 0.717) is 5.56 Å². The summed E-state index contributed by atoms with van der Waals surface area (Å²) in [7, 11) is 0. The van der Waals surface area contributed by atoms with Gasteiger partial charge in [-0.15, -0.1) is 0 Å². The van der Waals surface area contributed by atoms with Crippen molar-refractivity contribution in [1.29, 1.82) is 0 Å². The number of phenols is 1. The Morgan fingerprint density at radius 2 is 1.24 bits per heavy atom. The molecule has 15 heteroatoms. The average Bonchev–Trinajstić information content (AvgIpc) is 2.86. The molecule has 0 bridgehead atoms. The molecule has 0 fully saturated rings. The Kier molecular flexibility index (Phi) is 13.7. The second-order valence-corrected chi connectivity index (χ2v) is 10.2. The van der Waals surface area contributed by atoms with Gasteiger partial charge in [0.15, 0.2) is 0 Å². The summed E-state index contributed by atoms with van der Waals surface area (Å²) in [5.74, 6) is -5.22. The Hall–Kier alpha value is -4.20. The number of phenolic OH excluding ortho intramolecular Hbond substituents is 1.